The molecule has 3 rings (SSSR count). The SMILES string of the molecule is CC1CN(C2CC3CCC(C2)N3C)C(C)CN1. The third kappa shape index (κ3) is 2.13. The molecule has 4 atom stereocenters. The van der Waals surface area contributed by atoms with E-state index in [9.17, 15) is 0 Å². The molecule has 0 amide bonds. The summed E-state index contributed by atoms with van der Waals surface area (Å²) in [6.45, 7) is 7.12. The fourth-order valence-corrected chi connectivity index (χ4v) is 4.21. The van der Waals surface area contributed by atoms with E-state index in [1.54, 1.807) is 0 Å². The molecule has 3 saturated heterocycles. The molecule has 3 aliphatic rings. The summed E-state index contributed by atoms with van der Waals surface area (Å²) < 4.78 is 0. The van der Waals surface area contributed by atoms with Crippen LogP contribution in [0.5, 0.6) is 0 Å². The smallest absolute Gasteiger partial charge is 0.0196 e. The van der Waals surface area contributed by atoms with Gasteiger partial charge in [-0.05, 0) is 46.6 Å². The summed E-state index contributed by atoms with van der Waals surface area (Å²) in [6, 6.07) is 3.98. The average Bonchev–Trinajstić information content (AvgIpc) is 2.55. The van der Waals surface area contributed by atoms with Gasteiger partial charge in [-0.2, -0.15) is 0 Å². The molecule has 3 heterocycles. The van der Waals surface area contributed by atoms with Crippen LogP contribution in [0.25, 0.3) is 0 Å². The highest BCUT2D eigenvalue weighted by Crippen LogP contribution is 2.37. The standard InChI is InChI=1S/C14H27N3/c1-10-9-17(11(2)8-15-10)14-6-12-4-5-13(7-14)16(12)3/h10-15H,4-9H2,1-3H3. The van der Waals surface area contributed by atoms with E-state index in [2.05, 4.69) is 36.0 Å². The van der Waals surface area contributed by atoms with Gasteiger partial charge in [-0.25, -0.2) is 0 Å². The quantitative estimate of drug-likeness (QED) is 0.741. The van der Waals surface area contributed by atoms with E-state index in [1.165, 1.54) is 38.8 Å². The number of hydrogen-bond acceptors (Lipinski definition) is 3. The van der Waals surface area contributed by atoms with Gasteiger partial charge in [0.2, 0.25) is 0 Å². The second-order valence-electron chi connectivity index (χ2n) is 6.53. The molecule has 3 heteroatoms. The van der Waals surface area contributed by atoms with Crippen LogP contribution in [0, 0.1) is 0 Å². The Kier molecular flexibility index (Phi) is 3.18. The number of piperazine rings is 1. The lowest BCUT2D eigenvalue weighted by Gasteiger charge is -2.47. The first-order valence-corrected chi connectivity index (χ1v) is 7.36. The van der Waals surface area contributed by atoms with Crippen molar-refractivity contribution in [3.63, 3.8) is 0 Å². The van der Waals surface area contributed by atoms with Crippen molar-refractivity contribution in [3.05, 3.63) is 0 Å². The van der Waals surface area contributed by atoms with E-state index in [0.717, 1.165) is 24.2 Å². The molecule has 0 aromatic heterocycles. The Labute approximate surface area is 106 Å². The molecular weight excluding hydrogens is 210 g/mol. The lowest BCUT2D eigenvalue weighted by molar-refractivity contribution is 0.0312. The Morgan fingerprint density at radius 1 is 1.00 bits per heavy atom. The number of fused-ring (bicyclic) bond motifs is 2. The maximum Gasteiger partial charge on any atom is 0.0196 e. The Morgan fingerprint density at radius 3 is 2.29 bits per heavy atom. The molecule has 3 aliphatic heterocycles. The van der Waals surface area contributed by atoms with E-state index >= 15 is 0 Å². The van der Waals surface area contributed by atoms with Gasteiger partial charge in [-0.3, -0.25) is 4.90 Å². The van der Waals surface area contributed by atoms with E-state index in [0.29, 0.717) is 6.04 Å². The average molecular weight is 237 g/mol. The minimum atomic E-state index is 0.670. The Morgan fingerprint density at radius 2 is 1.65 bits per heavy atom. The molecule has 2 bridgehead atoms. The summed E-state index contributed by atoms with van der Waals surface area (Å²) in [5.41, 5.74) is 0. The van der Waals surface area contributed by atoms with Gasteiger partial charge in [-0.1, -0.05) is 0 Å². The first kappa shape index (κ1) is 11.9. The summed E-state index contributed by atoms with van der Waals surface area (Å²) in [5, 5.41) is 3.60. The van der Waals surface area contributed by atoms with Crippen LogP contribution in [0.15, 0.2) is 0 Å². The maximum atomic E-state index is 3.60. The third-order valence-corrected chi connectivity index (χ3v) is 5.35. The number of nitrogens with one attached hydrogen (secondary N) is 1. The van der Waals surface area contributed by atoms with Crippen molar-refractivity contribution < 1.29 is 0 Å². The number of hydrogen-bond donors (Lipinski definition) is 1. The van der Waals surface area contributed by atoms with Crippen LogP contribution in [-0.4, -0.2) is 60.1 Å². The van der Waals surface area contributed by atoms with Gasteiger partial charge in [-0.15, -0.1) is 0 Å². The van der Waals surface area contributed by atoms with Crippen molar-refractivity contribution in [2.75, 3.05) is 20.1 Å². The zero-order chi connectivity index (χ0) is 12.0. The minimum Gasteiger partial charge on any atom is -0.311 e. The molecule has 0 aliphatic carbocycles. The second kappa shape index (κ2) is 4.52. The monoisotopic (exact) mass is 237 g/mol. The molecule has 3 fully saturated rings. The van der Waals surface area contributed by atoms with Crippen molar-refractivity contribution >= 4 is 0 Å². The predicted molar refractivity (Wildman–Crippen MR) is 71.2 cm³/mol. The first-order chi connectivity index (χ1) is 8.15. The van der Waals surface area contributed by atoms with Crippen LogP contribution >= 0.6 is 0 Å². The minimum absolute atomic E-state index is 0.670. The van der Waals surface area contributed by atoms with Crippen molar-refractivity contribution in [2.45, 2.75) is 69.7 Å². The topological polar surface area (TPSA) is 18.5 Å². The summed E-state index contributed by atoms with van der Waals surface area (Å²) in [7, 11) is 2.34. The van der Waals surface area contributed by atoms with E-state index in [4.69, 9.17) is 0 Å². The molecule has 98 valence electrons. The molecule has 0 spiro atoms. The highest BCUT2D eigenvalue weighted by molar-refractivity contribution is 4.99. The molecule has 3 nitrogen and oxygen atoms in total. The highest BCUT2D eigenvalue weighted by atomic mass is 15.3. The van der Waals surface area contributed by atoms with Gasteiger partial charge in [0.25, 0.3) is 0 Å². The largest absolute Gasteiger partial charge is 0.311 e. The Hall–Kier alpha value is -0.120. The molecule has 4 unspecified atom stereocenters. The molecule has 0 saturated carbocycles. The molecule has 17 heavy (non-hydrogen) atoms. The lowest BCUT2D eigenvalue weighted by atomic mass is 9.94. The number of piperidine rings is 1. The number of rotatable bonds is 1. The Bertz CT molecular complexity index is 267. The number of nitrogens with zero attached hydrogens (tertiary/aromatic N) is 2. The zero-order valence-electron chi connectivity index (χ0n) is 11.5. The van der Waals surface area contributed by atoms with Crippen LogP contribution in [-0.2, 0) is 0 Å². The first-order valence-electron chi connectivity index (χ1n) is 7.36. The molecular formula is C14H27N3. The Balaban J connectivity index is 1.68. The summed E-state index contributed by atoms with van der Waals surface area (Å²) in [6.07, 6.45) is 5.69. The summed E-state index contributed by atoms with van der Waals surface area (Å²) in [4.78, 5) is 5.44. The van der Waals surface area contributed by atoms with Gasteiger partial charge in [0.15, 0.2) is 0 Å². The van der Waals surface area contributed by atoms with E-state index in [-0.39, 0.29) is 0 Å². The van der Waals surface area contributed by atoms with Gasteiger partial charge in [0, 0.05) is 43.3 Å². The van der Waals surface area contributed by atoms with Crippen LogP contribution in [0.2, 0.25) is 0 Å². The fraction of sp³-hybridized carbons (Fsp3) is 1.00. The lowest BCUT2D eigenvalue weighted by Crippen LogP contribution is -2.60. The molecule has 0 aromatic carbocycles. The van der Waals surface area contributed by atoms with Crippen LogP contribution in [0.1, 0.15) is 39.5 Å². The van der Waals surface area contributed by atoms with Crippen LogP contribution in [0.4, 0.5) is 0 Å². The third-order valence-electron chi connectivity index (χ3n) is 5.35. The maximum absolute atomic E-state index is 3.60. The van der Waals surface area contributed by atoms with Crippen molar-refractivity contribution in [1.29, 1.82) is 0 Å². The predicted octanol–water partition coefficient (Wildman–Crippen LogP) is 1.29. The van der Waals surface area contributed by atoms with Crippen molar-refractivity contribution in [3.8, 4) is 0 Å². The van der Waals surface area contributed by atoms with Crippen molar-refractivity contribution in [2.24, 2.45) is 0 Å². The van der Waals surface area contributed by atoms with Gasteiger partial charge < -0.3 is 10.2 Å². The molecule has 0 aromatic rings. The normalized spacial score (nSPS) is 48.5. The van der Waals surface area contributed by atoms with E-state index in [1.807, 2.05) is 0 Å². The highest BCUT2D eigenvalue weighted by Gasteiger charge is 2.41. The summed E-state index contributed by atoms with van der Waals surface area (Å²) >= 11 is 0. The van der Waals surface area contributed by atoms with Gasteiger partial charge in [0.1, 0.15) is 0 Å². The second-order valence-corrected chi connectivity index (χ2v) is 6.53. The van der Waals surface area contributed by atoms with Crippen LogP contribution < -0.4 is 5.32 Å². The van der Waals surface area contributed by atoms with Crippen molar-refractivity contribution in [1.82, 2.24) is 15.1 Å². The van der Waals surface area contributed by atoms with Crippen LogP contribution in [0.3, 0.4) is 0 Å². The van der Waals surface area contributed by atoms with Gasteiger partial charge in [0.05, 0.1) is 0 Å². The fourth-order valence-electron chi connectivity index (χ4n) is 4.21. The summed E-state index contributed by atoms with van der Waals surface area (Å²) in [5.74, 6) is 0. The zero-order valence-corrected chi connectivity index (χ0v) is 11.5. The molecule has 0 radical (unpaired) electrons. The molecule has 1 N–H and O–H groups in total. The van der Waals surface area contributed by atoms with Gasteiger partial charge >= 0.3 is 0 Å². The van der Waals surface area contributed by atoms with E-state index < -0.39 is 0 Å².